The second-order valence-corrected chi connectivity index (χ2v) is 6.90. The summed E-state index contributed by atoms with van der Waals surface area (Å²) in [6.45, 7) is 0.611. The topological polar surface area (TPSA) is 79.8 Å². The summed E-state index contributed by atoms with van der Waals surface area (Å²) in [5.74, 6) is 0.656. The lowest BCUT2D eigenvalue weighted by molar-refractivity contribution is 0.0953. The summed E-state index contributed by atoms with van der Waals surface area (Å²) in [6.07, 6.45) is 8.96. The number of hydrogen-bond donors (Lipinski definition) is 2. The summed E-state index contributed by atoms with van der Waals surface area (Å²) >= 11 is 0. The van der Waals surface area contributed by atoms with Crippen LogP contribution in [0.1, 0.15) is 46.2 Å². The van der Waals surface area contributed by atoms with Crippen molar-refractivity contribution < 1.29 is 4.79 Å². The van der Waals surface area contributed by atoms with Crippen LogP contribution in [0.2, 0.25) is 0 Å². The molecule has 3 aromatic heterocycles. The lowest BCUT2D eigenvalue weighted by Crippen LogP contribution is -2.25. The summed E-state index contributed by atoms with van der Waals surface area (Å²) in [5, 5.41) is 6.36. The Kier molecular flexibility index (Phi) is 5.56. The largest absolute Gasteiger partial charge is 0.362 e. The molecule has 4 rings (SSSR count). The zero-order valence-corrected chi connectivity index (χ0v) is 15.6. The van der Waals surface area contributed by atoms with Gasteiger partial charge in [-0.2, -0.15) is 0 Å². The van der Waals surface area contributed by atoms with Gasteiger partial charge in [-0.15, -0.1) is 0 Å². The number of anilines is 1. The van der Waals surface area contributed by atoms with Gasteiger partial charge in [0.05, 0.1) is 17.3 Å². The number of amides is 1. The van der Waals surface area contributed by atoms with Crippen molar-refractivity contribution in [3.63, 3.8) is 0 Å². The Hall–Kier alpha value is -3.28. The molecule has 28 heavy (non-hydrogen) atoms. The van der Waals surface area contributed by atoms with Gasteiger partial charge in [-0.05, 0) is 61.6 Å². The third-order valence-electron chi connectivity index (χ3n) is 4.93. The Labute approximate surface area is 164 Å². The number of aromatic nitrogens is 3. The molecule has 3 aromatic rings. The number of rotatable bonds is 7. The van der Waals surface area contributed by atoms with Crippen LogP contribution in [0.15, 0.2) is 61.1 Å². The lowest BCUT2D eigenvalue weighted by atomic mass is 10.2. The molecule has 0 radical (unpaired) electrons. The van der Waals surface area contributed by atoms with Crippen molar-refractivity contribution >= 4 is 11.7 Å². The maximum absolute atomic E-state index is 12.3. The highest BCUT2D eigenvalue weighted by Gasteiger charge is 2.23. The van der Waals surface area contributed by atoms with Gasteiger partial charge < -0.3 is 10.6 Å². The van der Waals surface area contributed by atoms with Gasteiger partial charge in [-0.25, -0.2) is 4.98 Å². The van der Waals surface area contributed by atoms with Crippen molar-refractivity contribution in [1.82, 2.24) is 20.3 Å². The minimum atomic E-state index is -0.104. The third-order valence-corrected chi connectivity index (χ3v) is 4.93. The standard InChI is InChI=1S/C22H23N5O/c28-22(25-14-4-7-18-6-1-2-12-23-18)17-9-11-20(26-15-17)27-19-10-8-16-5-3-13-24-21(16)19/h1-3,5-6,9,11-13,15,19H,4,7-8,10,14H2,(H,25,28)(H,26,27)/t19-/m1/s1. The van der Waals surface area contributed by atoms with Crippen molar-refractivity contribution in [3.8, 4) is 0 Å². The molecule has 0 bridgehead atoms. The second-order valence-electron chi connectivity index (χ2n) is 6.90. The molecule has 1 aliphatic carbocycles. The van der Waals surface area contributed by atoms with Crippen LogP contribution >= 0.6 is 0 Å². The minimum absolute atomic E-state index is 0.104. The Balaban J connectivity index is 1.26. The van der Waals surface area contributed by atoms with E-state index in [4.69, 9.17) is 0 Å². The van der Waals surface area contributed by atoms with Gasteiger partial charge in [0, 0.05) is 30.8 Å². The molecular formula is C22H23N5O. The van der Waals surface area contributed by atoms with Crippen LogP contribution in [0.4, 0.5) is 5.82 Å². The molecule has 0 unspecified atom stereocenters. The van der Waals surface area contributed by atoms with Gasteiger partial charge >= 0.3 is 0 Å². The molecule has 0 aliphatic heterocycles. The average molecular weight is 373 g/mol. The molecule has 3 heterocycles. The SMILES string of the molecule is O=C(NCCCc1ccccn1)c1ccc(N[C@@H]2CCc3cccnc32)nc1. The number of nitrogens with one attached hydrogen (secondary N) is 2. The fourth-order valence-electron chi connectivity index (χ4n) is 3.46. The zero-order valence-electron chi connectivity index (χ0n) is 15.6. The summed E-state index contributed by atoms with van der Waals surface area (Å²) in [6, 6.07) is 13.8. The van der Waals surface area contributed by atoms with E-state index in [1.165, 1.54) is 5.56 Å². The van der Waals surface area contributed by atoms with Crippen molar-refractivity contribution in [2.45, 2.75) is 31.7 Å². The van der Waals surface area contributed by atoms with Crippen LogP contribution in [-0.2, 0) is 12.8 Å². The van der Waals surface area contributed by atoms with E-state index in [2.05, 4.69) is 31.7 Å². The highest BCUT2D eigenvalue weighted by Crippen LogP contribution is 2.31. The molecular weight excluding hydrogens is 350 g/mol. The Bertz CT molecular complexity index is 927. The smallest absolute Gasteiger partial charge is 0.252 e. The number of carbonyl (C=O) groups is 1. The first-order chi connectivity index (χ1) is 13.8. The van der Waals surface area contributed by atoms with E-state index < -0.39 is 0 Å². The first-order valence-electron chi connectivity index (χ1n) is 9.64. The van der Waals surface area contributed by atoms with Crippen molar-refractivity contribution in [1.29, 1.82) is 0 Å². The number of carbonyl (C=O) groups excluding carboxylic acids is 1. The summed E-state index contributed by atoms with van der Waals surface area (Å²) in [5.41, 5.74) is 3.99. The van der Waals surface area contributed by atoms with Gasteiger partial charge in [0.1, 0.15) is 5.82 Å². The number of aryl methyl sites for hydroxylation is 2. The monoisotopic (exact) mass is 373 g/mol. The summed E-state index contributed by atoms with van der Waals surface area (Å²) < 4.78 is 0. The maximum Gasteiger partial charge on any atom is 0.252 e. The van der Waals surface area contributed by atoms with Crippen molar-refractivity contribution in [3.05, 3.63) is 83.6 Å². The molecule has 142 valence electrons. The van der Waals surface area contributed by atoms with Crippen LogP contribution in [0, 0.1) is 0 Å². The van der Waals surface area contributed by atoms with E-state index >= 15 is 0 Å². The molecule has 0 spiro atoms. The quantitative estimate of drug-likeness (QED) is 0.621. The Morgan fingerprint density at radius 1 is 1.04 bits per heavy atom. The second kappa shape index (κ2) is 8.61. The molecule has 2 N–H and O–H groups in total. The highest BCUT2D eigenvalue weighted by molar-refractivity contribution is 5.94. The van der Waals surface area contributed by atoms with Crippen molar-refractivity contribution in [2.75, 3.05) is 11.9 Å². The molecule has 0 fully saturated rings. The molecule has 1 aliphatic rings. The predicted octanol–water partition coefficient (Wildman–Crippen LogP) is 3.33. The van der Waals surface area contributed by atoms with E-state index in [0.29, 0.717) is 12.1 Å². The lowest BCUT2D eigenvalue weighted by Gasteiger charge is -2.14. The number of pyridine rings is 3. The van der Waals surface area contributed by atoms with E-state index in [9.17, 15) is 4.79 Å². The van der Waals surface area contributed by atoms with Crippen molar-refractivity contribution in [2.24, 2.45) is 0 Å². The first kappa shape index (κ1) is 18.1. The fraction of sp³-hybridized carbons (Fsp3) is 0.273. The van der Waals surface area contributed by atoms with Crippen LogP contribution in [0.5, 0.6) is 0 Å². The summed E-state index contributed by atoms with van der Waals surface area (Å²) in [4.78, 5) is 25.5. The number of fused-ring (bicyclic) bond motifs is 1. The van der Waals surface area contributed by atoms with E-state index in [1.807, 2.05) is 36.5 Å². The Morgan fingerprint density at radius 3 is 2.79 bits per heavy atom. The molecule has 6 heteroatoms. The minimum Gasteiger partial charge on any atom is -0.362 e. The number of hydrogen-bond acceptors (Lipinski definition) is 5. The van der Waals surface area contributed by atoms with Crippen LogP contribution < -0.4 is 10.6 Å². The van der Waals surface area contributed by atoms with E-state index in [-0.39, 0.29) is 11.9 Å². The summed E-state index contributed by atoms with van der Waals surface area (Å²) in [7, 11) is 0. The zero-order chi connectivity index (χ0) is 19.2. The normalized spacial score (nSPS) is 15.1. The van der Waals surface area contributed by atoms with Crippen LogP contribution in [-0.4, -0.2) is 27.4 Å². The van der Waals surface area contributed by atoms with Gasteiger partial charge in [-0.1, -0.05) is 12.1 Å². The molecule has 0 saturated heterocycles. The molecule has 6 nitrogen and oxygen atoms in total. The van der Waals surface area contributed by atoms with Gasteiger partial charge in [0.25, 0.3) is 5.91 Å². The molecule has 0 saturated carbocycles. The highest BCUT2D eigenvalue weighted by atomic mass is 16.1. The number of nitrogens with zero attached hydrogens (tertiary/aromatic N) is 3. The van der Waals surface area contributed by atoms with E-state index in [1.54, 1.807) is 18.5 Å². The molecule has 1 amide bonds. The Morgan fingerprint density at radius 2 is 1.96 bits per heavy atom. The van der Waals surface area contributed by atoms with Gasteiger partial charge in [0.15, 0.2) is 0 Å². The third kappa shape index (κ3) is 4.34. The molecule has 0 aromatic carbocycles. The average Bonchev–Trinajstić information content (AvgIpc) is 3.15. The van der Waals surface area contributed by atoms with Crippen LogP contribution in [0.25, 0.3) is 0 Å². The first-order valence-corrected chi connectivity index (χ1v) is 9.64. The van der Waals surface area contributed by atoms with E-state index in [0.717, 1.165) is 42.9 Å². The predicted molar refractivity (Wildman–Crippen MR) is 108 cm³/mol. The van der Waals surface area contributed by atoms with Gasteiger partial charge in [-0.3, -0.25) is 14.8 Å². The molecule has 1 atom stereocenters. The fourth-order valence-corrected chi connectivity index (χ4v) is 3.46. The maximum atomic E-state index is 12.3. The van der Waals surface area contributed by atoms with Gasteiger partial charge in [0.2, 0.25) is 0 Å². The van der Waals surface area contributed by atoms with Crippen LogP contribution in [0.3, 0.4) is 0 Å².